The average molecular weight is 283 g/mol. The van der Waals surface area contributed by atoms with Crippen LogP contribution in [0.4, 0.5) is 5.95 Å². The van der Waals surface area contributed by atoms with Crippen molar-refractivity contribution in [1.82, 2.24) is 20.1 Å². The predicted octanol–water partition coefficient (Wildman–Crippen LogP) is 1.33. The molecule has 3 N–H and O–H groups in total. The van der Waals surface area contributed by atoms with E-state index in [1.807, 2.05) is 7.05 Å². The summed E-state index contributed by atoms with van der Waals surface area (Å²) in [5, 5.41) is 11.6. The second kappa shape index (κ2) is 6.79. The Morgan fingerprint density at radius 1 is 1.42 bits per heavy atom. The summed E-state index contributed by atoms with van der Waals surface area (Å²) in [7, 11) is 1.82. The maximum atomic E-state index is 11.8. The van der Waals surface area contributed by atoms with Gasteiger partial charge < -0.3 is 11.1 Å². The van der Waals surface area contributed by atoms with Crippen LogP contribution in [0.2, 0.25) is 0 Å². The molecule has 0 atom stereocenters. The van der Waals surface area contributed by atoms with Crippen molar-refractivity contribution in [3.63, 3.8) is 0 Å². The number of hydrogen-bond donors (Lipinski definition) is 2. The lowest BCUT2D eigenvalue weighted by atomic mass is 9.95. The third-order valence-corrected chi connectivity index (χ3v) is 4.42. The molecule has 0 unspecified atom stereocenters. The lowest BCUT2D eigenvalue weighted by Crippen LogP contribution is -2.36. The van der Waals surface area contributed by atoms with Gasteiger partial charge in [-0.3, -0.25) is 9.36 Å². The van der Waals surface area contributed by atoms with Crippen molar-refractivity contribution >= 4 is 23.6 Å². The van der Waals surface area contributed by atoms with Crippen LogP contribution in [0.3, 0.4) is 0 Å². The molecular formula is C12H21N5OS. The van der Waals surface area contributed by atoms with Crippen LogP contribution in [-0.2, 0) is 11.8 Å². The quantitative estimate of drug-likeness (QED) is 0.796. The van der Waals surface area contributed by atoms with Gasteiger partial charge in [-0.05, 0) is 12.8 Å². The number of carbonyl (C=O) groups is 1. The number of nitrogens with zero attached hydrogens (tertiary/aromatic N) is 3. The van der Waals surface area contributed by atoms with E-state index >= 15 is 0 Å². The fourth-order valence-corrected chi connectivity index (χ4v) is 3.09. The number of nitrogens with two attached hydrogens (primary N) is 1. The van der Waals surface area contributed by atoms with Crippen LogP contribution in [0, 0.1) is 0 Å². The maximum absolute atomic E-state index is 11.8. The molecule has 2 rings (SSSR count). The molecule has 1 saturated carbocycles. The second-order valence-corrected chi connectivity index (χ2v) is 5.96. The Kier molecular flexibility index (Phi) is 5.07. The zero-order valence-electron chi connectivity index (χ0n) is 11.3. The van der Waals surface area contributed by atoms with E-state index < -0.39 is 0 Å². The fraction of sp³-hybridized carbons (Fsp3) is 0.750. The first kappa shape index (κ1) is 14.2. The van der Waals surface area contributed by atoms with E-state index in [1.165, 1.54) is 31.0 Å². The van der Waals surface area contributed by atoms with Gasteiger partial charge in [0.2, 0.25) is 11.9 Å². The Morgan fingerprint density at radius 2 is 2.16 bits per heavy atom. The van der Waals surface area contributed by atoms with Crippen molar-refractivity contribution in [2.75, 3.05) is 11.5 Å². The molecule has 0 aliphatic heterocycles. The van der Waals surface area contributed by atoms with E-state index in [9.17, 15) is 4.79 Å². The van der Waals surface area contributed by atoms with Crippen LogP contribution in [0.25, 0.3) is 0 Å². The van der Waals surface area contributed by atoms with Crippen molar-refractivity contribution < 1.29 is 4.79 Å². The zero-order chi connectivity index (χ0) is 13.7. The normalized spacial score (nSPS) is 16.5. The number of amides is 1. The van der Waals surface area contributed by atoms with Crippen molar-refractivity contribution in [3.8, 4) is 0 Å². The number of aromatic nitrogens is 3. The standard InChI is InChI=1S/C12H21N5OS/c1-17-11(13)15-16-12(17)19-8-7-10(18)14-9-5-3-2-4-6-9/h9H,2-8H2,1H3,(H2,13,15)(H,14,18). The Labute approximate surface area is 117 Å². The maximum Gasteiger partial charge on any atom is 0.222 e. The minimum absolute atomic E-state index is 0.134. The van der Waals surface area contributed by atoms with E-state index in [-0.39, 0.29) is 5.91 Å². The Bertz CT molecular complexity index is 428. The van der Waals surface area contributed by atoms with E-state index in [0.717, 1.165) is 18.0 Å². The number of thioether (sulfide) groups is 1. The molecule has 0 aromatic carbocycles. The third kappa shape index (κ3) is 4.12. The third-order valence-electron chi connectivity index (χ3n) is 3.40. The van der Waals surface area contributed by atoms with Gasteiger partial charge in [0, 0.05) is 25.3 Å². The summed E-state index contributed by atoms with van der Waals surface area (Å²) in [6.07, 6.45) is 6.52. The highest BCUT2D eigenvalue weighted by molar-refractivity contribution is 7.99. The van der Waals surface area contributed by atoms with Crippen LogP contribution in [-0.4, -0.2) is 32.5 Å². The number of hydrogen-bond acceptors (Lipinski definition) is 5. The predicted molar refractivity (Wildman–Crippen MR) is 75.8 cm³/mol. The average Bonchev–Trinajstić information content (AvgIpc) is 2.72. The lowest BCUT2D eigenvalue weighted by molar-refractivity contribution is -0.121. The molecule has 1 amide bonds. The Hall–Kier alpha value is -1.24. The Balaban J connectivity index is 1.67. The van der Waals surface area contributed by atoms with Gasteiger partial charge in [-0.2, -0.15) is 0 Å². The topological polar surface area (TPSA) is 85.8 Å². The highest BCUT2D eigenvalue weighted by atomic mass is 32.2. The summed E-state index contributed by atoms with van der Waals surface area (Å²) in [4.78, 5) is 11.8. The zero-order valence-corrected chi connectivity index (χ0v) is 12.1. The molecule has 0 radical (unpaired) electrons. The van der Waals surface area contributed by atoms with E-state index in [0.29, 0.717) is 24.2 Å². The first-order valence-corrected chi connectivity index (χ1v) is 7.72. The summed E-state index contributed by atoms with van der Waals surface area (Å²) in [6, 6.07) is 0.386. The monoisotopic (exact) mass is 283 g/mol. The summed E-state index contributed by atoms with van der Waals surface area (Å²) in [5.41, 5.74) is 5.59. The molecule has 1 aliphatic carbocycles. The molecule has 0 spiro atoms. The minimum atomic E-state index is 0.134. The molecule has 19 heavy (non-hydrogen) atoms. The van der Waals surface area contributed by atoms with E-state index in [2.05, 4.69) is 15.5 Å². The highest BCUT2D eigenvalue weighted by Crippen LogP contribution is 2.19. The highest BCUT2D eigenvalue weighted by Gasteiger charge is 2.15. The van der Waals surface area contributed by atoms with Gasteiger partial charge in [-0.25, -0.2) is 0 Å². The molecule has 7 heteroatoms. The molecule has 1 fully saturated rings. The number of rotatable bonds is 5. The molecule has 0 bridgehead atoms. The lowest BCUT2D eigenvalue weighted by Gasteiger charge is -2.22. The van der Waals surface area contributed by atoms with Crippen molar-refractivity contribution in [3.05, 3.63) is 0 Å². The van der Waals surface area contributed by atoms with Crippen LogP contribution in [0.5, 0.6) is 0 Å². The molecule has 1 aromatic rings. The SMILES string of the molecule is Cn1c(N)nnc1SCCC(=O)NC1CCCCC1. The number of anilines is 1. The molecule has 1 aliphatic rings. The number of carbonyl (C=O) groups excluding carboxylic acids is 1. The van der Waals surface area contributed by atoms with Gasteiger partial charge in [-0.1, -0.05) is 31.0 Å². The minimum Gasteiger partial charge on any atom is -0.368 e. The van der Waals surface area contributed by atoms with Crippen LogP contribution in [0.15, 0.2) is 5.16 Å². The summed E-state index contributed by atoms with van der Waals surface area (Å²) < 4.78 is 1.73. The first-order valence-electron chi connectivity index (χ1n) is 6.74. The molecular weight excluding hydrogens is 262 g/mol. The van der Waals surface area contributed by atoms with Gasteiger partial charge in [0.05, 0.1) is 0 Å². The fourth-order valence-electron chi connectivity index (χ4n) is 2.23. The van der Waals surface area contributed by atoms with Crippen molar-refractivity contribution in [1.29, 1.82) is 0 Å². The van der Waals surface area contributed by atoms with Gasteiger partial charge in [0.25, 0.3) is 0 Å². The van der Waals surface area contributed by atoms with Crippen LogP contribution < -0.4 is 11.1 Å². The van der Waals surface area contributed by atoms with Gasteiger partial charge in [-0.15, -0.1) is 10.2 Å². The molecule has 0 saturated heterocycles. The summed E-state index contributed by atoms with van der Waals surface area (Å²) in [5.74, 6) is 1.23. The molecule has 6 nitrogen and oxygen atoms in total. The van der Waals surface area contributed by atoms with E-state index in [4.69, 9.17) is 5.73 Å². The molecule has 1 aromatic heterocycles. The smallest absolute Gasteiger partial charge is 0.222 e. The van der Waals surface area contributed by atoms with Crippen molar-refractivity contribution in [2.24, 2.45) is 7.05 Å². The van der Waals surface area contributed by atoms with Crippen molar-refractivity contribution in [2.45, 2.75) is 49.7 Å². The van der Waals surface area contributed by atoms with Crippen LogP contribution >= 0.6 is 11.8 Å². The number of nitrogens with one attached hydrogen (secondary N) is 1. The molecule has 106 valence electrons. The summed E-state index contributed by atoms with van der Waals surface area (Å²) in [6.45, 7) is 0. The largest absolute Gasteiger partial charge is 0.368 e. The van der Waals surface area contributed by atoms with E-state index in [1.54, 1.807) is 4.57 Å². The first-order chi connectivity index (χ1) is 9.16. The van der Waals surface area contributed by atoms with Gasteiger partial charge in [0.15, 0.2) is 5.16 Å². The van der Waals surface area contributed by atoms with Gasteiger partial charge >= 0.3 is 0 Å². The second-order valence-electron chi connectivity index (χ2n) is 4.90. The summed E-state index contributed by atoms with van der Waals surface area (Å²) >= 11 is 1.51. The van der Waals surface area contributed by atoms with Crippen LogP contribution in [0.1, 0.15) is 38.5 Å². The molecule has 1 heterocycles. The Morgan fingerprint density at radius 3 is 2.79 bits per heavy atom. The number of nitrogen functional groups attached to an aromatic ring is 1. The van der Waals surface area contributed by atoms with Gasteiger partial charge in [0.1, 0.15) is 0 Å².